The first-order chi connectivity index (χ1) is 18.0. The summed E-state index contributed by atoms with van der Waals surface area (Å²) < 4.78 is 17.5. The fourth-order valence-electron chi connectivity index (χ4n) is 4.47. The Morgan fingerprint density at radius 1 is 1.18 bits per heavy atom. The molecule has 4 rings (SSSR count). The van der Waals surface area contributed by atoms with E-state index in [1.54, 1.807) is 33.9 Å². The minimum atomic E-state index is -0.881. The number of carbonyl (C=O) groups excluding carboxylic acids is 2. The summed E-state index contributed by atoms with van der Waals surface area (Å²) in [4.78, 5) is 37.0. The fraction of sp³-hybridized carbons (Fsp3) is 0.429. The summed E-state index contributed by atoms with van der Waals surface area (Å²) in [6.07, 6.45) is 0.155. The minimum Gasteiger partial charge on any atom is -0.444 e. The van der Waals surface area contributed by atoms with E-state index in [9.17, 15) is 19.6 Å². The van der Waals surface area contributed by atoms with Crippen LogP contribution in [0.25, 0.3) is 22.2 Å². The van der Waals surface area contributed by atoms with Crippen molar-refractivity contribution < 1.29 is 23.5 Å². The molecule has 1 unspecified atom stereocenters. The van der Waals surface area contributed by atoms with E-state index in [0.29, 0.717) is 30.5 Å². The monoisotopic (exact) mass is 520 g/mol. The Kier molecular flexibility index (Phi) is 7.60. The molecule has 2 amide bonds. The van der Waals surface area contributed by atoms with Gasteiger partial charge in [0.1, 0.15) is 11.6 Å². The second kappa shape index (κ2) is 10.7. The largest absolute Gasteiger partial charge is 0.444 e. The Labute approximate surface area is 220 Å². The molecule has 2 atom stereocenters. The van der Waals surface area contributed by atoms with Gasteiger partial charge >= 0.3 is 11.8 Å². The van der Waals surface area contributed by atoms with E-state index in [1.165, 1.54) is 4.57 Å². The van der Waals surface area contributed by atoms with E-state index in [-0.39, 0.29) is 18.9 Å². The third-order valence-electron chi connectivity index (χ3n) is 6.38. The smallest absolute Gasteiger partial charge is 0.419 e. The Morgan fingerprint density at radius 3 is 2.53 bits per heavy atom. The lowest BCUT2D eigenvalue weighted by molar-refractivity contribution is -0.123. The molecule has 2 N–H and O–H groups in total. The fourth-order valence-corrected chi connectivity index (χ4v) is 4.47. The van der Waals surface area contributed by atoms with Gasteiger partial charge in [0.05, 0.1) is 30.2 Å². The number of hydrogen-bond acceptors (Lipinski definition) is 7. The Hall–Kier alpha value is -4.10. The van der Waals surface area contributed by atoms with Gasteiger partial charge in [0.2, 0.25) is 5.91 Å². The highest BCUT2D eigenvalue weighted by molar-refractivity contribution is 5.81. The Balaban J connectivity index is 1.38. The normalized spacial score (nSPS) is 18.1. The lowest BCUT2D eigenvalue weighted by Crippen LogP contribution is -2.53. The molecule has 0 spiro atoms. The van der Waals surface area contributed by atoms with Crippen molar-refractivity contribution in [1.29, 1.82) is 5.26 Å². The van der Waals surface area contributed by atoms with E-state index in [1.807, 2.05) is 36.4 Å². The van der Waals surface area contributed by atoms with Gasteiger partial charge in [0.15, 0.2) is 5.58 Å². The first-order valence-corrected chi connectivity index (χ1v) is 12.4. The Bertz CT molecular complexity index is 1420. The SMILES string of the molecule is Cn1c(=O)oc2ccc(-c3ccc(C[C@@H](C#N)NC(=O)CC4(NC(=O)OC(C)(C)C)CCOC4)cc3)cc21. The van der Waals surface area contributed by atoms with Crippen LogP contribution in [0.4, 0.5) is 4.79 Å². The van der Waals surface area contributed by atoms with Gasteiger partial charge in [-0.1, -0.05) is 30.3 Å². The van der Waals surface area contributed by atoms with Gasteiger partial charge in [-0.05, 0) is 56.0 Å². The first-order valence-electron chi connectivity index (χ1n) is 12.4. The van der Waals surface area contributed by atoms with Crippen molar-refractivity contribution in [2.45, 2.75) is 57.2 Å². The molecule has 200 valence electrons. The molecule has 1 aliphatic heterocycles. The zero-order valence-corrected chi connectivity index (χ0v) is 22.0. The molecule has 1 aliphatic rings. The molecule has 1 fully saturated rings. The van der Waals surface area contributed by atoms with Gasteiger partial charge in [-0.3, -0.25) is 9.36 Å². The number of alkyl carbamates (subject to hydrolysis) is 1. The zero-order valence-electron chi connectivity index (χ0n) is 22.0. The molecular weight excluding hydrogens is 488 g/mol. The summed E-state index contributed by atoms with van der Waals surface area (Å²) in [6.45, 7) is 5.91. The average Bonchev–Trinajstić information content (AvgIpc) is 3.41. The van der Waals surface area contributed by atoms with Crippen molar-refractivity contribution in [3.63, 3.8) is 0 Å². The number of oxazole rings is 1. The van der Waals surface area contributed by atoms with Crippen LogP contribution in [0, 0.1) is 11.3 Å². The lowest BCUT2D eigenvalue weighted by Gasteiger charge is -2.30. The van der Waals surface area contributed by atoms with Crippen LogP contribution in [0.1, 0.15) is 39.2 Å². The van der Waals surface area contributed by atoms with Crippen molar-refractivity contribution in [3.8, 4) is 17.2 Å². The summed E-state index contributed by atoms with van der Waals surface area (Å²) in [7, 11) is 1.66. The molecule has 38 heavy (non-hydrogen) atoms. The van der Waals surface area contributed by atoms with Crippen LogP contribution in [-0.2, 0) is 27.7 Å². The van der Waals surface area contributed by atoms with Crippen molar-refractivity contribution in [3.05, 3.63) is 58.6 Å². The van der Waals surface area contributed by atoms with Gasteiger partial charge in [0.25, 0.3) is 0 Å². The maximum Gasteiger partial charge on any atom is 0.419 e. The summed E-state index contributed by atoms with van der Waals surface area (Å²) in [5.41, 5.74) is 2.42. The van der Waals surface area contributed by atoms with E-state index in [0.717, 1.165) is 16.7 Å². The molecule has 0 radical (unpaired) electrons. The number of carbonyl (C=O) groups is 2. The van der Waals surface area contributed by atoms with Gasteiger partial charge in [-0.25, -0.2) is 9.59 Å². The third kappa shape index (κ3) is 6.42. The number of nitrogens with zero attached hydrogens (tertiary/aromatic N) is 2. The topological polar surface area (TPSA) is 136 Å². The number of benzene rings is 2. The van der Waals surface area contributed by atoms with Crippen molar-refractivity contribution in [2.75, 3.05) is 13.2 Å². The predicted octanol–water partition coefficient (Wildman–Crippen LogP) is 3.42. The van der Waals surface area contributed by atoms with Gasteiger partial charge in [0, 0.05) is 20.1 Å². The molecule has 2 heterocycles. The maximum atomic E-state index is 12.9. The van der Waals surface area contributed by atoms with Crippen LogP contribution in [-0.4, -0.2) is 47.0 Å². The summed E-state index contributed by atoms with van der Waals surface area (Å²) in [5.74, 6) is -0.766. The molecule has 1 aromatic heterocycles. The number of aromatic nitrogens is 1. The van der Waals surface area contributed by atoms with Crippen molar-refractivity contribution >= 4 is 23.1 Å². The van der Waals surface area contributed by atoms with E-state index >= 15 is 0 Å². The molecule has 2 aromatic carbocycles. The molecule has 3 aromatic rings. The summed E-state index contributed by atoms with van der Waals surface area (Å²) >= 11 is 0. The van der Waals surface area contributed by atoms with Gasteiger partial charge in [-0.15, -0.1) is 0 Å². The molecule has 10 heteroatoms. The number of amides is 2. The van der Waals surface area contributed by atoms with Crippen LogP contribution in [0.5, 0.6) is 0 Å². The number of rotatable bonds is 7. The minimum absolute atomic E-state index is 0.0254. The van der Waals surface area contributed by atoms with E-state index in [4.69, 9.17) is 13.9 Å². The summed E-state index contributed by atoms with van der Waals surface area (Å²) in [6, 6.07) is 14.6. The highest BCUT2D eigenvalue weighted by Gasteiger charge is 2.40. The molecular formula is C28H32N4O6. The number of ether oxygens (including phenoxy) is 2. The lowest BCUT2D eigenvalue weighted by atomic mass is 9.93. The van der Waals surface area contributed by atoms with Crippen molar-refractivity contribution in [2.24, 2.45) is 7.05 Å². The number of nitrogens with one attached hydrogen (secondary N) is 2. The highest BCUT2D eigenvalue weighted by atomic mass is 16.6. The number of hydrogen-bond donors (Lipinski definition) is 2. The number of nitriles is 1. The van der Waals surface area contributed by atoms with Crippen LogP contribution in [0.3, 0.4) is 0 Å². The van der Waals surface area contributed by atoms with Crippen LogP contribution in [0.2, 0.25) is 0 Å². The third-order valence-corrected chi connectivity index (χ3v) is 6.38. The van der Waals surface area contributed by atoms with E-state index in [2.05, 4.69) is 16.7 Å². The highest BCUT2D eigenvalue weighted by Crippen LogP contribution is 2.26. The first kappa shape index (κ1) is 26.9. The maximum absolute atomic E-state index is 12.9. The molecule has 0 bridgehead atoms. The zero-order chi connectivity index (χ0) is 27.5. The second-order valence-corrected chi connectivity index (χ2v) is 10.6. The van der Waals surface area contributed by atoms with Gasteiger partial charge < -0.3 is 24.5 Å². The predicted molar refractivity (Wildman–Crippen MR) is 140 cm³/mol. The number of aryl methyl sites for hydroxylation is 1. The van der Waals surface area contributed by atoms with Crippen molar-refractivity contribution in [1.82, 2.24) is 15.2 Å². The molecule has 1 saturated heterocycles. The molecule has 0 saturated carbocycles. The van der Waals surface area contributed by atoms with Crippen LogP contribution >= 0.6 is 0 Å². The van der Waals surface area contributed by atoms with Crippen LogP contribution < -0.4 is 16.4 Å². The average molecular weight is 521 g/mol. The Morgan fingerprint density at radius 2 is 1.89 bits per heavy atom. The van der Waals surface area contributed by atoms with Crippen LogP contribution in [0.15, 0.2) is 51.7 Å². The second-order valence-electron chi connectivity index (χ2n) is 10.6. The number of fused-ring (bicyclic) bond motifs is 1. The summed E-state index contributed by atoms with van der Waals surface area (Å²) in [5, 5.41) is 15.3. The standard InChI is InChI=1S/C28H32N4O6/c1-27(2,3)38-25(34)31-28(11-12-36-17-28)15-24(33)30-21(16-29)13-18-5-7-19(8-6-18)20-9-10-23-22(14-20)32(4)26(35)37-23/h5-10,14,21H,11-13,15,17H2,1-4H3,(H,30,33)(H,31,34)/t21-,28?/m0/s1. The quantitative estimate of drug-likeness (QED) is 0.487. The molecule has 0 aliphatic carbocycles. The van der Waals surface area contributed by atoms with Gasteiger partial charge in [-0.2, -0.15) is 5.26 Å². The molecule has 10 nitrogen and oxygen atoms in total. The van der Waals surface area contributed by atoms with E-state index < -0.39 is 29.0 Å².